The first-order valence-electron chi connectivity index (χ1n) is 6.44. The van der Waals surface area contributed by atoms with Crippen LogP contribution in [0.15, 0.2) is 39.0 Å². The number of hydrogen-bond donors (Lipinski definition) is 2. The largest absolute Gasteiger partial charge is 0.463 e. The lowest BCUT2D eigenvalue weighted by atomic mass is 10.1. The molecule has 1 amide bonds. The highest BCUT2D eigenvalue weighted by atomic mass is 32.2. The van der Waals surface area contributed by atoms with Gasteiger partial charge in [0.15, 0.2) is 5.76 Å². The van der Waals surface area contributed by atoms with Crippen LogP contribution < -0.4 is 5.32 Å². The molecule has 9 heteroatoms. The molecule has 0 saturated heterocycles. The van der Waals surface area contributed by atoms with Crippen LogP contribution in [0, 0.1) is 0 Å². The molecule has 8 nitrogen and oxygen atoms in total. The van der Waals surface area contributed by atoms with E-state index in [9.17, 15) is 18.3 Å². The van der Waals surface area contributed by atoms with Crippen LogP contribution in [-0.2, 0) is 15.0 Å². The van der Waals surface area contributed by atoms with Gasteiger partial charge in [-0.05, 0) is 32.1 Å². The van der Waals surface area contributed by atoms with Gasteiger partial charge in [0.05, 0.1) is 18.4 Å². The summed E-state index contributed by atoms with van der Waals surface area (Å²) < 4.78 is 33.6. The molecule has 0 bridgehead atoms. The molecule has 2 rings (SSSR count). The van der Waals surface area contributed by atoms with Crippen molar-refractivity contribution in [3.63, 3.8) is 0 Å². The maximum Gasteiger partial charge on any atom is 0.345 e. The van der Waals surface area contributed by atoms with Gasteiger partial charge < -0.3 is 14.8 Å². The first-order chi connectivity index (χ1) is 10.2. The van der Waals surface area contributed by atoms with Gasteiger partial charge in [-0.15, -0.1) is 4.40 Å². The second-order valence-corrected chi connectivity index (χ2v) is 7.05. The van der Waals surface area contributed by atoms with Crippen LogP contribution in [0.4, 0.5) is 0 Å². The Kier molecular flexibility index (Phi) is 4.12. The van der Waals surface area contributed by atoms with E-state index in [4.69, 9.17) is 4.42 Å². The highest BCUT2D eigenvalue weighted by molar-refractivity contribution is 7.88. The van der Waals surface area contributed by atoms with Crippen LogP contribution in [-0.4, -0.2) is 48.6 Å². The van der Waals surface area contributed by atoms with Gasteiger partial charge in [0.25, 0.3) is 5.91 Å². The van der Waals surface area contributed by atoms with E-state index in [1.807, 2.05) is 0 Å². The molecule has 0 aromatic carbocycles. The minimum absolute atomic E-state index is 0.0371. The number of rotatable bonds is 4. The lowest BCUT2D eigenvalue weighted by Crippen LogP contribution is -2.49. The van der Waals surface area contributed by atoms with Crippen LogP contribution in [0.3, 0.4) is 0 Å². The highest BCUT2D eigenvalue weighted by Gasteiger charge is 2.32. The minimum atomic E-state index is -4.02. The van der Waals surface area contributed by atoms with E-state index >= 15 is 0 Å². The van der Waals surface area contributed by atoms with Crippen molar-refractivity contribution >= 4 is 21.8 Å². The summed E-state index contributed by atoms with van der Waals surface area (Å²) in [6.07, 6.45) is 2.70. The Labute approximate surface area is 128 Å². The number of hydrogen-bond acceptors (Lipinski definition) is 5. The number of allylic oxidation sites excluding steroid dienone is 1. The van der Waals surface area contributed by atoms with Gasteiger partial charge in [0.2, 0.25) is 0 Å². The van der Waals surface area contributed by atoms with E-state index < -0.39 is 21.7 Å². The zero-order valence-corrected chi connectivity index (χ0v) is 13.2. The Bertz CT molecular complexity index is 732. The maximum atomic E-state index is 12.3. The second-order valence-electron chi connectivity index (χ2n) is 5.42. The number of nitrogens with one attached hydrogen (secondary N) is 1. The van der Waals surface area contributed by atoms with Gasteiger partial charge in [-0.1, -0.05) is 0 Å². The molecule has 0 aliphatic carbocycles. The lowest BCUT2D eigenvalue weighted by molar-refractivity contribution is -0.120. The zero-order valence-electron chi connectivity index (χ0n) is 12.4. The summed E-state index contributed by atoms with van der Waals surface area (Å²) in [6, 6.07) is 3.13. The number of carbonyl (C=O) groups excluding carboxylic acids is 1. The molecule has 0 saturated carbocycles. The molecule has 0 radical (unpaired) electrons. The first kappa shape index (κ1) is 16.2. The number of amides is 1. The molecule has 0 spiro atoms. The summed E-state index contributed by atoms with van der Waals surface area (Å²) in [6.45, 7) is 2.94. The molecular weight excluding hydrogens is 310 g/mol. The fourth-order valence-corrected chi connectivity index (χ4v) is 2.61. The number of furan rings is 1. The Morgan fingerprint density at radius 2 is 2.18 bits per heavy atom. The third-order valence-corrected chi connectivity index (χ3v) is 4.34. The summed E-state index contributed by atoms with van der Waals surface area (Å²) in [5.74, 6) is -0.396. The molecular formula is C13H17N3O5S. The Morgan fingerprint density at radius 1 is 1.50 bits per heavy atom. The standard InChI is InChI=1S/C13H17N3O5S/c1-13(2,8-17)14-12(18)10-7-9(11-5-4-6-21-11)15-22(19,20)16(10)3/h4-7,17H,8H2,1-3H3,(H,14,18). The van der Waals surface area contributed by atoms with E-state index in [0.29, 0.717) is 0 Å². The lowest BCUT2D eigenvalue weighted by Gasteiger charge is -2.28. The molecule has 22 heavy (non-hydrogen) atoms. The Morgan fingerprint density at radius 3 is 2.73 bits per heavy atom. The van der Waals surface area contributed by atoms with Crippen molar-refractivity contribution in [3.8, 4) is 0 Å². The predicted molar refractivity (Wildman–Crippen MR) is 79.3 cm³/mol. The number of aliphatic hydroxyl groups is 1. The van der Waals surface area contributed by atoms with Crippen molar-refractivity contribution in [2.75, 3.05) is 13.7 Å². The molecule has 120 valence electrons. The van der Waals surface area contributed by atoms with E-state index in [0.717, 1.165) is 4.31 Å². The quantitative estimate of drug-likeness (QED) is 0.810. The monoisotopic (exact) mass is 327 g/mol. The van der Waals surface area contributed by atoms with E-state index in [-0.39, 0.29) is 23.8 Å². The smallest absolute Gasteiger partial charge is 0.345 e. The highest BCUT2D eigenvalue weighted by Crippen LogP contribution is 2.20. The minimum Gasteiger partial charge on any atom is -0.463 e. The molecule has 0 unspecified atom stereocenters. The Balaban J connectivity index is 2.41. The van der Waals surface area contributed by atoms with Crippen molar-refractivity contribution in [1.29, 1.82) is 0 Å². The third kappa shape index (κ3) is 3.20. The number of carbonyl (C=O) groups is 1. The van der Waals surface area contributed by atoms with Gasteiger partial charge in [-0.2, -0.15) is 8.42 Å². The zero-order chi connectivity index (χ0) is 16.5. The molecule has 1 aliphatic rings. The van der Waals surface area contributed by atoms with Crippen molar-refractivity contribution in [2.45, 2.75) is 19.4 Å². The molecule has 2 N–H and O–H groups in total. The SMILES string of the molecule is CN1C(C(=O)NC(C)(C)CO)=CC(c2ccco2)=NS1(=O)=O. The maximum absolute atomic E-state index is 12.3. The predicted octanol–water partition coefficient (Wildman–Crippen LogP) is 0.0299. The van der Waals surface area contributed by atoms with Crippen LogP contribution in [0.2, 0.25) is 0 Å². The fraction of sp³-hybridized carbons (Fsp3) is 0.385. The van der Waals surface area contributed by atoms with E-state index in [1.54, 1.807) is 26.0 Å². The van der Waals surface area contributed by atoms with E-state index in [1.165, 1.54) is 19.4 Å². The number of aliphatic hydroxyl groups excluding tert-OH is 1. The number of likely N-dealkylation sites (N-methyl/N-ethyl adjacent to an activating group) is 1. The van der Waals surface area contributed by atoms with E-state index in [2.05, 4.69) is 9.71 Å². The van der Waals surface area contributed by atoms with Gasteiger partial charge in [-0.3, -0.25) is 4.79 Å². The number of nitrogens with zero attached hydrogens (tertiary/aromatic N) is 2. The van der Waals surface area contributed by atoms with Gasteiger partial charge >= 0.3 is 10.2 Å². The first-order valence-corrected chi connectivity index (χ1v) is 7.84. The van der Waals surface area contributed by atoms with Gasteiger partial charge in [0.1, 0.15) is 11.4 Å². The second kappa shape index (κ2) is 5.58. The average Bonchev–Trinajstić information content (AvgIpc) is 2.95. The van der Waals surface area contributed by atoms with Crippen molar-refractivity contribution in [3.05, 3.63) is 35.9 Å². The molecule has 1 aliphatic heterocycles. The van der Waals surface area contributed by atoms with Crippen molar-refractivity contribution in [1.82, 2.24) is 9.62 Å². The van der Waals surface area contributed by atoms with Crippen LogP contribution in [0.1, 0.15) is 19.6 Å². The normalized spacial score (nSPS) is 17.7. The average molecular weight is 327 g/mol. The van der Waals surface area contributed by atoms with Crippen molar-refractivity contribution < 1.29 is 22.7 Å². The summed E-state index contributed by atoms with van der Waals surface area (Å²) >= 11 is 0. The fourth-order valence-electron chi connectivity index (χ4n) is 1.72. The van der Waals surface area contributed by atoms with Crippen molar-refractivity contribution in [2.24, 2.45) is 4.40 Å². The summed E-state index contributed by atoms with van der Waals surface area (Å²) in [5, 5.41) is 11.8. The summed E-state index contributed by atoms with van der Waals surface area (Å²) in [4.78, 5) is 12.3. The van der Waals surface area contributed by atoms with Crippen LogP contribution in [0.25, 0.3) is 0 Å². The molecule has 1 aromatic heterocycles. The Hall–Kier alpha value is -2.13. The van der Waals surface area contributed by atoms with Gasteiger partial charge in [-0.25, -0.2) is 4.31 Å². The van der Waals surface area contributed by atoms with Crippen LogP contribution >= 0.6 is 0 Å². The summed E-state index contributed by atoms with van der Waals surface area (Å²) in [7, 11) is -2.79. The summed E-state index contributed by atoms with van der Waals surface area (Å²) in [5.41, 5.74) is -0.958. The molecule has 1 aromatic rings. The molecule has 2 heterocycles. The third-order valence-electron chi connectivity index (χ3n) is 3.03. The molecule has 0 atom stereocenters. The van der Waals surface area contributed by atoms with Crippen LogP contribution in [0.5, 0.6) is 0 Å². The topological polar surface area (TPSA) is 112 Å². The van der Waals surface area contributed by atoms with Gasteiger partial charge in [0, 0.05) is 7.05 Å². The molecule has 0 fully saturated rings.